The van der Waals surface area contributed by atoms with Crippen LogP contribution >= 0.6 is 22.9 Å². The molecule has 0 amide bonds. The van der Waals surface area contributed by atoms with Crippen LogP contribution in [-0.2, 0) is 9.47 Å². The normalized spacial score (nSPS) is 19.6. The van der Waals surface area contributed by atoms with Crippen molar-refractivity contribution in [2.45, 2.75) is 19.3 Å². The van der Waals surface area contributed by atoms with Crippen LogP contribution in [0, 0.1) is 0 Å². The molecule has 84 valence electrons. The van der Waals surface area contributed by atoms with E-state index in [0.717, 1.165) is 10.9 Å². The second kappa shape index (κ2) is 5.27. The Bertz CT molecular complexity index is 312. The fraction of sp³-hybridized carbons (Fsp3) is 0.600. The average Bonchev–Trinajstić information content (AvgIpc) is 2.84. The molecule has 0 spiro atoms. The summed E-state index contributed by atoms with van der Waals surface area (Å²) in [4.78, 5) is 1.23. The van der Waals surface area contributed by atoms with Crippen molar-refractivity contribution in [2.75, 3.05) is 19.8 Å². The Morgan fingerprint density at radius 3 is 2.87 bits per heavy atom. The lowest BCUT2D eigenvalue weighted by atomic mass is 10.3. The van der Waals surface area contributed by atoms with E-state index in [0.29, 0.717) is 13.2 Å². The molecule has 1 atom stereocenters. The summed E-state index contributed by atoms with van der Waals surface area (Å²) >= 11 is 7.47. The first-order chi connectivity index (χ1) is 7.25. The van der Waals surface area contributed by atoms with E-state index in [2.05, 4.69) is 12.2 Å². The van der Waals surface area contributed by atoms with Crippen LogP contribution in [0.15, 0.2) is 12.1 Å². The Kier molecular flexibility index (Phi) is 3.99. The number of hydrogen-bond acceptors (Lipinski definition) is 4. The highest BCUT2D eigenvalue weighted by molar-refractivity contribution is 7.16. The van der Waals surface area contributed by atoms with Gasteiger partial charge in [0.05, 0.1) is 17.6 Å². The lowest BCUT2D eigenvalue weighted by Gasteiger charge is -2.15. The Morgan fingerprint density at radius 1 is 1.53 bits per heavy atom. The molecule has 1 N–H and O–H groups in total. The minimum atomic E-state index is -0.0946. The highest BCUT2D eigenvalue weighted by Gasteiger charge is 2.17. The van der Waals surface area contributed by atoms with Crippen molar-refractivity contribution in [3.05, 3.63) is 21.3 Å². The Hall–Kier alpha value is -0.130. The van der Waals surface area contributed by atoms with Gasteiger partial charge in [-0.3, -0.25) is 0 Å². The number of ether oxygens (including phenoxy) is 2. The van der Waals surface area contributed by atoms with Crippen molar-refractivity contribution in [1.29, 1.82) is 0 Å². The van der Waals surface area contributed by atoms with Crippen LogP contribution in [-0.4, -0.2) is 26.0 Å². The monoisotopic (exact) mass is 247 g/mol. The van der Waals surface area contributed by atoms with Crippen LogP contribution in [0.25, 0.3) is 0 Å². The number of nitrogens with one attached hydrogen (secondary N) is 1. The molecule has 0 aromatic carbocycles. The molecule has 0 saturated carbocycles. The second-order valence-electron chi connectivity index (χ2n) is 3.44. The molecule has 15 heavy (non-hydrogen) atoms. The summed E-state index contributed by atoms with van der Waals surface area (Å²) in [7, 11) is 0. The smallest absolute Gasteiger partial charge is 0.170 e. The molecule has 5 heteroatoms. The van der Waals surface area contributed by atoms with Gasteiger partial charge in [0.15, 0.2) is 6.29 Å². The van der Waals surface area contributed by atoms with Crippen LogP contribution in [0.3, 0.4) is 0 Å². The highest BCUT2D eigenvalue weighted by atomic mass is 35.5. The van der Waals surface area contributed by atoms with E-state index in [1.54, 1.807) is 11.3 Å². The summed E-state index contributed by atoms with van der Waals surface area (Å²) in [6.07, 6.45) is -0.0946. The van der Waals surface area contributed by atoms with Crippen molar-refractivity contribution in [3.8, 4) is 0 Å². The van der Waals surface area contributed by atoms with Gasteiger partial charge >= 0.3 is 0 Å². The maximum absolute atomic E-state index is 5.87. The summed E-state index contributed by atoms with van der Waals surface area (Å²) in [6, 6.07) is 4.25. The second-order valence-corrected chi connectivity index (χ2v) is 5.19. The maximum atomic E-state index is 5.87. The van der Waals surface area contributed by atoms with Crippen molar-refractivity contribution in [1.82, 2.24) is 5.32 Å². The van der Waals surface area contributed by atoms with E-state index >= 15 is 0 Å². The summed E-state index contributed by atoms with van der Waals surface area (Å²) in [5.74, 6) is 0. The zero-order chi connectivity index (χ0) is 10.7. The molecule has 0 aliphatic carbocycles. The lowest BCUT2D eigenvalue weighted by Crippen LogP contribution is -2.29. The van der Waals surface area contributed by atoms with Gasteiger partial charge in [0.2, 0.25) is 0 Å². The number of halogens is 1. The van der Waals surface area contributed by atoms with E-state index in [1.807, 2.05) is 12.1 Å². The number of thiophene rings is 1. The zero-order valence-electron chi connectivity index (χ0n) is 8.53. The van der Waals surface area contributed by atoms with Crippen molar-refractivity contribution < 1.29 is 9.47 Å². The van der Waals surface area contributed by atoms with Gasteiger partial charge in [-0.25, -0.2) is 0 Å². The molecule has 1 fully saturated rings. The van der Waals surface area contributed by atoms with Crippen molar-refractivity contribution >= 4 is 22.9 Å². The van der Waals surface area contributed by atoms with Gasteiger partial charge in [0, 0.05) is 17.5 Å². The molecule has 1 aliphatic heterocycles. The van der Waals surface area contributed by atoms with Gasteiger partial charge in [0.25, 0.3) is 0 Å². The third-order valence-corrected chi connectivity index (χ3v) is 3.72. The first-order valence-electron chi connectivity index (χ1n) is 4.97. The molecular formula is C10H14ClNO2S. The van der Waals surface area contributed by atoms with E-state index in [9.17, 15) is 0 Å². The van der Waals surface area contributed by atoms with E-state index < -0.39 is 0 Å². The molecule has 1 aromatic rings. The molecule has 3 nitrogen and oxygen atoms in total. The topological polar surface area (TPSA) is 30.5 Å². The molecular weight excluding hydrogens is 234 g/mol. The molecule has 1 aliphatic rings. The summed E-state index contributed by atoms with van der Waals surface area (Å²) < 4.78 is 11.5. The third kappa shape index (κ3) is 3.16. The van der Waals surface area contributed by atoms with Crippen LogP contribution in [0.4, 0.5) is 0 Å². The fourth-order valence-corrected chi connectivity index (χ4v) is 2.55. The van der Waals surface area contributed by atoms with Crippen LogP contribution in [0.2, 0.25) is 4.34 Å². The minimum Gasteiger partial charge on any atom is -0.349 e. The number of rotatable bonds is 4. The van der Waals surface area contributed by atoms with E-state index in [-0.39, 0.29) is 12.3 Å². The Labute approximate surface area is 98.3 Å². The van der Waals surface area contributed by atoms with Gasteiger partial charge in [-0.15, -0.1) is 11.3 Å². The molecule has 0 radical (unpaired) electrons. The first kappa shape index (κ1) is 11.4. The van der Waals surface area contributed by atoms with Gasteiger partial charge in [-0.05, 0) is 19.1 Å². The molecule has 0 bridgehead atoms. The molecule has 2 rings (SSSR count). The average molecular weight is 248 g/mol. The van der Waals surface area contributed by atoms with Gasteiger partial charge < -0.3 is 14.8 Å². The number of hydrogen-bond donors (Lipinski definition) is 1. The standard InChI is InChI=1S/C10H14ClNO2S/c1-7(8-2-3-9(11)15-8)12-6-10-13-4-5-14-10/h2-3,7,10,12H,4-6H2,1H3. The maximum Gasteiger partial charge on any atom is 0.170 e. The molecule has 2 heterocycles. The SMILES string of the molecule is CC(NCC1OCCO1)c1ccc(Cl)s1. The molecule has 1 aromatic heterocycles. The third-order valence-electron chi connectivity index (χ3n) is 2.30. The van der Waals surface area contributed by atoms with E-state index in [1.165, 1.54) is 4.88 Å². The van der Waals surface area contributed by atoms with Crippen LogP contribution in [0.1, 0.15) is 17.8 Å². The predicted octanol–water partition coefficient (Wildman–Crippen LogP) is 2.43. The van der Waals surface area contributed by atoms with Gasteiger partial charge in [0.1, 0.15) is 0 Å². The Morgan fingerprint density at radius 2 is 2.27 bits per heavy atom. The summed E-state index contributed by atoms with van der Waals surface area (Å²) in [6.45, 7) is 4.23. The van der Waals surface area contributed by atoms with Crippen LogP contribution in [0.5, 0.6) is 0 Å². The summed E-state index contributed by atoms with van der Waals surface area (Å²) in [5, 5.41) is 3.36. The van der Waals surface area contributed by atoms with Crippen molar-refractivity contribution in [3.63, 3.8) is 0 Å². The highest BCUT2D eigenvalue weighted by Crippen LogP contribution is 2.26. The van der Waals surface area contributed by atoms with E-state index in [4.69, 9.17) is 21.1 Å². The minimum absolute atomic E-state index is 0.0946. The molecule has 1 unspecified atom stereocenters. The Balaban J connectivity index is 1.79. The summed E-state index contributed by atoms with van der Waals surface area (Å²) in [5.41, 5.74) is 0. The quantitative estimate of drug-likeness (QED) is 0.887. The largest absolute Gasteiger partial charge is 0.349 e. The van der Waals surface area contributed by atoms with Gasteiger partial charge in [-0.1, -0.05) is 11.6 Å². The predicted molar refractivity (Wildman–Crippen MR) is 61.4 cm³/mol. The zero-order valence-corrected chi connectivity index (χ0v) is 10.1. The van der Waals surface area contributed by atoms with Crippen molar-refractivity contribution in [2.24, 2.45) is 0 Å². The lowest BCUT2D eigenvalue weighted by molar-refractivity contribution is -0.0403. The fourth-order valence-electron chi connectivity index (χ4n) is 1.46. The molecule has 1 saturated heterocycles. The van der Waals surface area contributed by atoms with Gasteiger partial charge in [-0.2, -0.15) is 0 Å². The van der Waals surface area contributed by atoms with Crippen LogP contribution < -0.4 is 5.32 Å². The first-order valence-corrected chi connectivity index (χ1v) is 6.17.